The topological polar surface area (TPSA) is 0 Å². The van der Waals surface area contributed by atoms with Gasteiger partial charge in [-0.05, 0) is 34.2 Å². The van der Waals surface area contributed by atoms with E-state index in [4.69, 9.17) is 0 Å². The van der Waals surface area contributed by atoms with E-state index in [0.717, 1.165) is 6.07 Å². The molecule has 44 heavy (non-hydrogen) atoms. The van der Waals surface area contributed by atoms with Crippen molar-refractivity contribution in [1.29, 1.82) is 0 Å². The Balaban J connectivity index is 1.64. The van der Waals surface area contributed by atoms with Crippen LogP contribution in [-0.4, -0.2) is 0 Å². The van der Waals surface area contributed by atoms with E-state index < -0.39 is 109 Å². The Hall–Kier alpha value is -4.74. The number of hydrogen-bond donors (Lipinski definition) is 0. The first-order valence-corrected chi connectivity index (χ1v) is 12.7. The Kier molecular flexibility index (Phi) is 5.98. The first-order chi connectivity index (χ1) is 20.9. The molecule has 0 radical (unpaired) electrons. The van der Waals surface area contributed by atoms with Gasteiger partial charge in [0.1, 0.15) is 0 Å². The van der Waals surface area contributed by atoms with E-state index in [-0.39, 0.29) is 17.5 Å². The van der Waals surface area contributed by atoms with Gasteiger partial charge < -0.3 is 0 Å². The SMILES string of the molecule is Fc1c(F)c(F)c(-c2c(F)c(F)c(F)c3c2C(F)c2c(F)c(F)c(F)c(F)c2-3)c(-c2cccc3c2Cc2ccccc2-3)c1F. The van der Waals surface area contributed by atoms with Gasteiger partial charge in [0, 0.05) is 38.9 Å². The summed E-state index contributed by atoms with van der Waals surface area (Å²) >= 11 is 0. The molecule has 0 bridgehead atoms. The largest absolute Gasteiger partial charge is 0.237 e. The van der Waals surface area contributed by atoms with Crippen LogP contribution in [-0.2, 0) is 6.42 Å². The predicted octanol–water partition coefficient (Wildman–Crippen LogP) is 10.2. The summed E-state index contributed by atoms with van der Waals surface area (Å²) in [6.45, 7) is 0. The first-order valence-electron chi connectivity index (χ1n) is 12.7. The van der Waals surface area contributed by atoms with Crippen molar-refractivity contribution < 1.29 is 52.7 Å². The lowest BCUT2D eigenvalue weighted by Gasteiger charge is -2.21. The van der Waals surface area contributed by atoms with Crippen LogP contribution in [0.2, 0.25) is 0 Å². The highest BCUT2D eigenvalue weighted by Gasteiger charge is 2.46. The van der Waals surface area contributed by atoms with Crippen molar-refractivity contribution in [2.75, 3.05) is 0 Å². The van der Waals surface area contributed by atoms with Crippen molar-refractivity contribution in [3.8, 4) is 44.5 Å². The Morgan fingerprint density at radius 2 is 0.818 bits per heavy atom. The average Bonchev–Trinajstić information content (AvgIpc) is 3.55. The van der Waals surface area contributed by atoms with E-state index in [9.17, 15) is 26.3 Å². The van der Waals surface area contributed by atoms with Gasteiger partial charge in [0.05, 0.1) is 0 Å². The highest BCUT2D eigenvalue weighted by atomic mass is 19.2. The third-order valence-electron chi connectivity index (χ3n) is 8.06. The second-order valence-corrected chi connectivity index (χ2v) is 10.2. The maximum absolute atomic E-state index is 15.9. The summed E-state index contributed by atoms with van der Waals surface area (Å²) in [6.07, 6.45) is -3.33. The lowest BCUT2D eigenvalue weighted by molar-refractivity contribution is 0.365. The Bertz CT molecular complexity index is 2130. The molecular weight excluding hydrogens is 612 g/mol. The van der Waals surface area contributed by atoms with Gasteiger partial charge in [-0.1, -0.05) is 42.5 Å². The fourth-order valence-corrected chi connectivity index (χ4v) is 6.21. The summed E-state index contributed by atoms with van der Waals surface area (Å²) in [5.41, 5.74) is -9.93. The monoisotopic (exact) mass is 622 g/mol. The van der Waals surface area contributed by atoms with E-state index in [1.54, 1.807) is 30.3 Å². The summed E-state index contributed by atoms with van der Waals surface area (Å²) in [5, 5.41) is 0. The van der Waals surface area contributed by atoms with Crippen LogP contribution >= 0.6 is 0 Å². The zero-order valence-corrected chi connectivity index (χ0v) is 21.4. The standard InChI is InChI=1S/C32H10F12/c33-21-16-17(24(36)28(40)25(37)18(16)19-20(21)27(39)32(44)31(43)26(19)38)15-14(22(34)29(41)30(42)23(15)35)12-7-3-6-11-10-5-2-1-4-9(10)8-13(11)12/h1-7,21H,8H2. The fraction of sp³-hybridized carbons (Fsp3) is 0.0625. The summed E-state index contributed by atoms with van der Waals surface area (Å²) in [7, 11) is 0. The van der Waals surface area contributed by atoms with Crippen molar-refractivity contribution in [1.82, 2.24) is 0 Å². The number of rotatable bonds is 2. The zero-order chi connectivity index (χ0) is 31.5. The van der Waals surface area contributed by atoms with E-state index >= 15 is 26.3 Å². The molecule has 1 atom stereocenters. The smallest absolute Gasteiger partial charge is 0.198 e. The van der Waals surface area contributed by atoms with Crippen molar-refractivity contribution in [2.45, 2.75) is 12.6 Å². The first kappa shape index (κ1) is 28.1. The molecule has 0 spiro atoms. The van der Waals surface area contributed by atoms with Gasteiger partial charge in [0.25, 0.3) is 0 Å². The van der Waals surface area contributed by atoms with Gasteiger partial charge >= 0.3 is 0 Å². The molecule has 2 aliphatic carbocycles. The van der Waals surface area contributed by atoms with Gasteiger partial charge in [0.15, 0.2) is 70.2 Å². The van der Waals surface area contributed by atoms with Crippen LogP contribution in [0.3, 0.4) is 0 Å². The van der Waals surface area contributed by atoms with Crippen LogP contribution in [0.15, 0.2) is 42.5 Å². The number of alkyl halides is 1. The molecule has 7 rings (SSSR count). The van der Waals surface area contributed by atoms with Crippen LogP contribution in [0, 0.1) is 64.0 Å². The molecule has 5 aromatic rings. The second-order valence-electron chi connectivity index (χ2n) is 10.2. The third-order valence-corrected chi connectivity index (χ3v) is 8.06. The van der Waals surface area contributed by atoms with Crippen LogP contribution in [0.5, 0.6) is 0 Å². The fourth-order valence-electron chi connectivity index (χ4n) is 6.21. The lowest BCUT2D eigenvalue weighted by Crippen LogP contribution is -2.10. The van der Waals surface area contributed by atoms with Gasteiger partial charge in [-0.25, -0.2) is 52.7 Å². The summed E-state index contributed by atoms with van der Waals surface area (Å²) in [5.74, 6) is -26.8. The van der Waals surface area contributed by atoms with Gasteiger partial charge in [0.2, 0.25) is 0 Å². The van der Waals surface area contributed by atoms with Crippen LogP contribution in [0.1, 0.15) is 28.4 Å². The molecule has 0 aromatic heterocycles. The van der Waals surface area contributed by atoms with Crippen molar-refractivity contribution >= 4 is 0 Å². The molecule has 1 unspecified atom stereocenters. The minimum atomic E-state index is -3.33. The maximum atomic E-state index is 15.9. The summed E-state index contributed by atoms with van der Waals surface area (Å²) in [6, 6.07) is 10.6. The molecule has 0 fully saturated rings. The van der Waals surface area contributed by atoms with Gasteiger partial charge in [-0.15, -0.1) is 0 Å². The van der Waals surface area contributed by atoms with Crippen molar-refractivity contribution in [3.05, 3.63) is 129 Å². The molecule has 5 aromatic carbocycles. The van der Waals surface area contributed by atoms with Crippen molar-refractivity contribution in [3.63, 3.8) is 0 Å². The van der Waals surface area contributed by atoms with E-state index in [1.807, 2.05) is 0 Å². The Morgan fingerprint density at radius 1 is 0.386 bits per heavy atom. The van der Waals surface area contributed by atoms with Gasteiger partial charge in [-0.3, -0.25) is 0 Å². The molecule has 0 amide bonds. The Labute approximate surface area is 238 Å². The molecule has 0 saturated heterocycles. The number of fused-ring (bicyclic) bond motifs is 6. The second kappa shape index (κ2) is 9.38. The number of hydrogen-bond acceptors (Lipinski definition) is 0. The minimum absolute atomic E-state index is 0.00565. The molecule has 0 N–H and O–H groups in total. The molecule has 0 nitrogen and oxygen atoms in total. The highest BCUT2D eigenvalue weighted by Crippen LogP contribution is 2.56. The molecule has 12 heteroatoms. The average molecular weight is 622 g/mol. The van der Waals surface area contributed by atoms with Gasteiger partial charge in [-0.2, -0.15) is 0 Å². The van der Waals surface area contributed by atoms with Crippen molar-refractivity contribution in [2.24, 2.45) is 0 Å². The highest BCUT2D eigenvalue weighted by molar-refractivity contribution is 5.95. The lowest BCUT2D eigenvalue weighted by atomic mass is 9.85. The van der Waals surface area contributed by atoms with Crippen LogP contribution in [0.4, 0.5) is 52.7 Å². The number of benzene rings is 5. The van der Waals surface area contributed by atoms with Crippen LogP contribution in [0.25, 0.3) is 44.5 Å². The third kappa shape index (κ3) is 3.39. The predicted molar refractivity (Wildman–Crippen MR) is 133 cm³/mol. The molecule has 222 valence electrons. The molecule has 0 heterocycles. The molecule has 2 aliphatic rings. The normalized spacial score (nSPS) is 14.5. The summed E-state index contributed by atoms with van der Waals surface area (Å²) in [4.78, 5) is 0. The molecular formula is C32H10F12. The zero-order valence-electron chi connectivity index (χ0n) is 21.4. The molecule has 0 saturated carbocycles. The maximum Gasteiger partial charge on any atom is 0.198 e. The molecule has 0 aliphatic heterocycles. The van der Waals surface area contributed by atoms with E-state index in [2.05, 4.69) is 0 Å². The van der Waals surface area contributed by atoms with E-state index in [0.29, 0.717) is 16.7 Å². The quantitative estimate of drug-likeness (QED) is 0.102. The number of halogens is 12. The minimum Gasteiger partial charge on any atom is -0.237 e. The van der Waals surface area contributed by atoms with E-state index in [1.165, 1.54) is 6.07 Å². The van der Waals surface area contributed by atoms with Crippen LogP contribution < -0.4 is 0 Å². The Morgan fingerprint density at radius 3 is 1.45 bits per heavy atom. The summed E-state index contributed by atoms with van der Waals surface area (Å²) < 4.78 is 181.